The topological polar surface area (TPSA) is 42.2 Å². The average molecular weight is 452 g/mol. The smallest absolute Gasteiger partial charge is 0.291 e. The van der Waals surface area contributed by atoms with Crippen LogP contribution in [0.3, 0.4) is 0 Å². The molecule has 0 saturated carbocycles. The van der Waals surface area contributed by atoms with Gasteiger partial charge in [-0.05, 0) is 77.0 Å². The van der Waals surface area contributed by atoms with Crippen LogP contribution in [-0.4, -0.2) is 5.91 Å². The highest BCUT2D eigenvalue weighted by Gasteiger charge is 2.14. The number of rotatable bonds is 4. The van der Waals surface area contributed by atoms with Crippen LogP contribution in [0.1, 0.15) is 23.0 Å². The van der Waals surface area contributed by atoms with Crippen LogP contribution >= 0.6 is 34.2 Å². The fourth-order valence-electron chi connectivity index (χ4n) is 2.42. The van der Waals surface area contributed by atoms with Gasteiger partial charge in [0.2, 0.25) is 0 Å². The summed E-state index contributed by atoms with van der Waals surface area (Å²) in [6, 6.07) is 16.7. The normalized spacial score (nSPS) is 10.6. The van der Waals surface area contributed by atoms with E-state index in [-0.39, 0.29) is 11.7 Å². The lowest BCUT2D eigenvalue weighted by molar-refractivity contribution is 0.0997. The minimum Gasteiger partial charge on any atom is -0.451 e. The second kappa shape index (κ2) is 7.40. The molecular formula is C19H15ClINO2. The van der Waals surface area contributed by atoms with E-state index in [2.05, 4.69) is 40.9 Å². The molecule has 0 aliphatic heterocycles. The summed E-state index contributed by atoms with van der Waals surface area (Å²) in [6.45, 7) is 2.06. The second-order valence-corrected chi connectivity index (χ2v) is 6.97. The summed E-state index contributed by atoms with van der Waals surface area (Å²) in [6.07, 6.45) is 0.846. The molecule has 1 amide bonds. The first-order chi connectivity index (χ1) is 11.6. The van der Waals surface area contributed by atoms with Gasteiger partial charge >= 0.3 is 0 Å². The van der Waals surface area contributed by atoms with Crippen molar-refractivity contribution in [1.82, 2.24) is 0 Å². The Bertz CT molecular complexity index is 889. The van der Waals surface area contributed by atoms with Crippen molar-refractivity contribution in [3.63, 3.8) is 0 Å². The van der Waals surface area contributed by atoms with Crippen molar-refractivity contribution in [3.8, 4) is 11.3 Å². The number of carbonyl (C=O) groups excluding carboxylic acids is 1. The highest BCUT2D eigenvalue weighted by atomic mass is 127. The fourth-order valence-corrected chi connectivity index (χ4v) is 3.16. The molecular weight excluding hydrogens is 437 g/mol. The second-order valence-electron chi connectivity index (χ2n) is 5.28. The van der Waals surface area contributed by atoms with Crippen LogP contribution in [0.4, 0.5) is 5.69 Å². The van der Waals surface area contributed by atoms with Crippen molar-refractivity contribution in [2.24, 2.45) is 0 Å². The summed E-state index contributed by atoms with van der Waals surface area (Å²) < 4.78 is 6.83. The Morgan fingerprint density at radius 3 is 2.75 bits per heavy atom. The standard InChI is InChI=1S/C19H15ClINO2/c1-2-12-11-15(21)6-7-16(12)22-19(23)18-9-8-17(24-18)13-4-3-5-14(20)10-13/h3-11H,2H2,1H3,(H,22,23). The number of anilines is 1. The Morgan fingerprint density at radius 2 is 2.00 bits per heavy atom. The van der Waals surface area contributed by atoms with E-state index in [0.29, 0.717) is 10.8 Å². The van der Waals surface area contributed by atoms with E-state index < -0.39 is 0 Å². The number of furan rings is 1. The Labute approximate surface area is 159 Å². The minimum absolute atomic E-state index is 0.265. The molecule has 1 N–H and O–H groups in total. The number of amides is 1. The van der Waals surface area contributed by atoms with Crippen LogP contribution < -0.4 is 5.32 Å². The molecule has 24 heavy (non-hydrogen) atoms. The lowest BCUT2D eigenvalue weighted by Crippen LogP contribution is -2.12. The predicted molar refractivity (Wildman–Crippen MR) is 106 cm³/mol. The zero-order valence-corrected chi connectivity index (χ0v) is 15.9. The van der Waals surface area contributed by atoms with Crippen molar-refractivity contribution in [1.29, 1.82) is 0 Å². The Hall–Kier alpha value is -1.79. The Balaban J connectivity index is 1.82. The number of benzene rings is 2. The summed E-state index contributed by atoms with van der Waals surface area (Å²) in [5, 5.41) is 3.55. The molecule has 1 heterocycles. The van der Waals surface area contributed by atoms with Gasteiger partial charge in [-0.1, -0.05) is 30.7 Å². The van der Waals surface area contributed by atoms with E-state index in [0.717, 1.165) is 26.8 Å². The third-order valence-corrected chi connectivity index (χ3v) is 4.54. The largest absolute Gasteiger partial charge is 0.451 e. The Kier molecular flexibility index (Phi) is 5.26. The molecule has 0 atom stereocenters. The summed E-state index contributed by atoms with van der Waals surface area (Å²) in [4.78, 5) is 12.4. The predicted octanol–water partition coefficient (Wildman–Crippen LogP) is 6.02. The van der Waals surface area contributed by atoms with Gasteiger partial charge in [0, 0.05) is 19.8 Å². The maximum atomic E-state index is 12.4. The molecule has 3 nitrogen and oxygen atoms in total. The van der Waals surface area contributed by atoms with Gasteiger partial charge in [0.15, 0.2) is 5.76 Å². The molecule has 0 aliphatic rings. The van der Waals surface area contributed by atoms with Gasteiger partial charge in [-0.25, -0.2) is 0 Å². The van der Waals surface area contributed by atoms with Crippen molar-refractivity contribution >= 4 is 45.8 Å². The third kappa shape index (κ3) is 3.82. The fraction of sp³-hybridized carbons (Fsp3) is 0.105. The number of nitrogens with one attached hydrogen (secondary N) is 1. The molecule has 122 valence electrons. The number of carbonyl (C=O) groups is 1. The van der Waals surface area contributed by atoms with Crippen LogP contribution in [0, 0.1) is 3.57 Å². The molecule has 0 spiro atoms. The molecule has 0 fully saturated rings. The molecule has 0 radical (unpaired) electrons. The van der Waals surface area contributed by atoms with Gasteiger partial charge in [-0.3, -0.25) is 4.79 Å². The van der Waals surface area contributed by atoms with Gasteiger partial charge in [0.1, 0.15) is 5.76 Å². The first kappa shape index (κ1) is 17.0. The van der Waals surface area contributed by atoms with E-state index >= 15 is 0 Å². The lowest BCUT2D eigenvalue weighted by atomic mass is 10.1. The van der Waals surface area contributed by atoms with Crippen LogP contribution in [0.15, 0.2) is 59.0 Å². The number of hydrogen-bond donors (Lipinski definition) is 1. The number of halogens is 2. The highest BCUT2D eigenvalue weighted by molar-refractivity contribution is 14.1. The van der Waals surface area contributed by atoms with E-state index in [1.165, 1.54) is 0 Å². The minimum atomic E-state index is -0.265. The first-order valence-electron chi connectivity index (χ1n) is 7.52. The van der Waals surface area contributed by atoms with Crippen LogP contribution in [0.5, 0.6) is 0 Å². The molecule has 1 aromatic heterocycles. The summed E-state index contributed by atoms with van der Waals surface area (Å²) in [5.41, 5.74) is 2.74. The molecule has 0 saturated heterocycles. The first-order valence-corrected chi connectivity index (χ1v) is 8.98. The van der Waals surface area contributed by atoms with Crippen LogP contribution in [-0.2, 0) is 6.42 Å². The maximum Gasteiger partial charge on any atom is 0.291 e. The lowest BCUT2D eigenvalue weighted by Gasteiger charge is -2.09. The zero-order valence-electron chi connectivity index (χ0n) is 13.0. The van der Waals surface area contributed by atoms with Gasteiger partial charge in [-0.2, -0.15) is 0 Å². The van der Waals surface area contributed by atoms with Crippen molar-refractivity contribution in [3.05, 3.63) is 74.5 Å². The maximum absolute atomic E-state index is 12.4. The summed E-state index contributed by atoms with van der Waals surface area (Å²) in [5.74, 6) is 0.616. The molecule has 3 aromatic rings. The molecule has 0 unspecified atom stereocenters. The SMILES string of the molecule is CCc1cc(I)ccc1NC(=O)c1ccc(-c2cccc(Cl)c2)o1. The molecule has 3 rings (SSSR count). The van der Waals surface area contributed by atoms with Gasteiger partial charge in [-0.15, -0.1) is 0 Å². The van der Waals surface area contributed by atoms with E-state index in [4.69, 9.17) is 16.0 Å². The molecule has 0 bridgehead atoms. The van der Waals surface area contributed by atoms with Gasteiger partial charge < -0.3 is 9.73 Å². The quantitative estimate of drug-likeness (QED) is 0.493. The van der Waals surface area contributed by atoms with Crippen LogP contribution in [0.2, 0.25) is 5.02 Å². The van der Waals surface area contributed by atoms with Crippen LogP contribution in [0.25, 0.3) is 11.3 Å². The van der Waals surface area contributed by atoms with Crippen molar-refractivity contribution in [2.45, 2.75) is 13.3 Å². The van der Waals surface area contributed by atoms with Gasteiger partial charge in [0.25, 0.3) is 5.91 Å². The van der Waals surface area contributed by atoms with E-state index in [1.807, 2.05) is 24.3 Å². The van der Waals surface area contributed by atoms with E-state index in [9.17, 15) is 4.79 Å². The zero-order chi connectivity index (χ0) is 17.1. The molecule has 0 aliphatic carbocycles. The van der Waals surface area contributed by atoms with Crippen molar-refractivity contribution in [2.75, 3.05) is 5.32 Å². The highest BCUT2D eigenvalue weighted by Crippen LogP contribution is 2.26. The van der Waals surface area contributed by atoms with Crippen molar-refractivity contribution < 1.29 is 9.21 Å². The number of hydrogen-bond acceptors (Lipinski definition) is 2. The number of aryl methyl sites for hydroxylation is 1. The third-order valence-electron chi connectivity index (χ3n) is 3.64. The monoisotopic (exact) mass is 451 g/mol. The Morgan fingerprint density at radius 1 is 1.17 bits per heavy atom. The summed E-state index contributed by atoms with van der Waals surface area (Å²) >= 11 is 8.26. The average Bonchev–Trinajstić information content (AvgIpc) is 3.06. The molecule has 5 heteroatoms. The van der Waals surface area contributed by atoms with Gasteiger partial charge in [0.05, 0.1) is 0 Å². The van der Waals surface area contributed by atoms with E-state index in [1.54, 1.807) is 24.3 Å². The summed E-state index contributed by atoms with van der Waals surface area (Å²) in [7, 11) is 0. The molecule has 2 aromatic carbocycles.